The number of hydrogen-bond donors (Lipinski definition) is 0. The first-order valence-electron chi connectivity index (χ1n) is 19.2. The highest BCUT2D eigenvalue weighted by Crippen LogP contribution is 2.62. The number of pyridine rings is 2. The Balaban J connectivity index is 1.15. The smallest absolute Gasteiger partial charge is 0.137 e. The average Bonchev–Trinajstić information content (AvgIpc) is 3.76. The lowest BCUT2D eigenvalue weighted by Gasteiger charge is -2.36. The van der Waals surface area contributed by atoms with Crippen LogP contribution in [0.5, 0.6) is 0 Å². The molecule has 0 fully saturated rings. The standard InChI is InChI=1S/C52H35N3/c1-51(2)42-16-7-4-13-36(42)38-31-46-39(30-45(38)51)37-14-5-8-17-43(37)52(46)41-15-6-3-12-32(41)20-21-33-22-23-35(29-44(33)52)34-24-25-47-40(28-34)50-48(18-11-27-54-50)55(47)49-19-9-10-26-53-49/h3-31H,1-2H3. The summed E-state index contributed by atoms with van der Waals surface area (Å²) in [4.78, 5) is 9.63. The van der Waals surface area contributed by atoms with Gasteiger partial charge in [0.05, 0.1) is 22.0 Å². The van der Waals surface area contributed by atoms with Gasteiger partial charge in [-0.1, -0.05) is 123 Å². The number of benzene rings is 6. The second-order valence-corrected chi connectivity index (χ2v) is 15.8. The number of rotatable bonds is 2. The van der Waals surface area contributed by atoms with Crippen LogP contribution in [0.25, 0.3) is 73.3 Å². The molecule has 3 heteroatoms. The Bertz CT molecular complexity index is 3130. The van der Waals surface area contributed by atoms with Crippen LogP contribution in [-0.4, -0.2) is 14.5 Å². The van der Waals surface area contributed by atoms with Crippen molar-refractivity contribution in [2.75, 3.05) is 0 Å². The van der Waals surface area contributed by atoms with Crippen LogP contribution < -0.4 is 0 Å². The highest BCUT2D eigenvalue weighted by atomic mass is 15.1. The quantitative estimate of drug-likeness (QED) is 0.180. The Labute approximate surface area is 319 Å². The fourth-order valence-electron chi connectivity index (χ4n) is 10.3. The van der Waals surface area contributed by atoms with Crippen molar-refractivity contribution >= 4 is 34.1 Å². The zero-order valence-corrected chi connectivity index (χ0v) is 30.6. The molecule has 0 N–H and O–H groups in total. The van der Waals surface area contributed by atoms with E-state index in [1.165, 1.54) is 72.3 Å². The van der Waals surface area contributed by atoms with Gasteiger partial charge in [0, 0.05) is 23.2 Å². The molecule has 3 aliphatic carbocycles. The summed E-state index contributed by atoms with van der Waals surface area (Å²) in [6.07, 6.45) is 8.38. The van der Waals surface area contributed by atoms with Crippen molar-refractivity contribution < 1.29 is 0 Å². The Kier molecular flexibility index (Phi) is 6.05. The van der Waals surface area contributed by atoms with E-state index in [2.05, 4.69) is 164 Å². The first-order chi connectivity index (χ1) is 27.0. The van der Waals surface area contributed by atoms with E-state index in [1.807, 2.05) is 30.6 Å². The van der Waals surface area contributed by atoms with Crippen LogP contribution in [-0.2, 0) is 10.8 Å². The van der Waals surface area contributed by atoms with Gasteiger partial charge in [0.1, 0.15) is 5.82 Å². The summed E-state index contributed by atoms with van der Waals surface area (Å²) >= 11 is 0. The molecule has 12 rings (SSSR count). The Morgan fingerprint density at radius 2 is 1.09 bits per heavy atom. The number of fused-ring (bicyclic) bond motifs is 15. The third-order valence-electron chi connectivity index (χ3n) is 12.7. The van der Waals surface area contributed by atoms with E-state index in [0.29, 0.717) is 0 Å². The van der Waals surface area contributed by atoms with Crippen molar-refractivity contribution in [1.29, 1.82) is 0 Å². The monoisotopic (exact) mass is 701 g/mol. The topological polar surface area (TPSA) is 30.7 Å². The van der Waals surface area contributed by atoms with Crippen molar-refractivity contribution in [3.05, 3.63) is 209 Å². The van der Waals surface area contributed by atoms with Crippen molar-refractivity contribution in [2.45, 2.75) is 24.7 Å². The molecule has 3 nitrogen and oxygen atoms in total. The van der Waals surface area contributed by atoms with E-state index in [-0.39, 0.29) is 5.41 Å². The van der Waals surface area contributed by atoms with Crippen LogP contribution in [0.15, 0.2) is 164 Å². The molecule has 1 atom stereocenters. The van der Waals surface area contributed by atoms with Gasteiger partial charge in [0.2, 0.25) is 0 Å². The van der Waals surface area contributed by atoms with E-state index in [4.69, 9.17) is 9.97 Å². The highest BCUT2D eigenvalue weighted by Gasteiger charge is 2.50. The first kappa shape index (κ1) is 30.6. The van der Waals surface area contributed by atoms with E-state index in [1.54, 1.807) is 0 Å². The van der Waals surface area contributed by atoms with Crippen LogP contribution in [0.2, 0.25) is 0 Å². The highest BCUT2D eigenvalue weighted by molar-refractivity contribution is 6.08. The minimum absolute atomic E-state index is 0.0904. The number of hydrogen-bond acceptors (Lipinski definition) is 2. The Hall–Kier alpha value is -6.84. The Morgan fingerprint density at radius 3 is 1.93 bits per heavy atom. The van der Waals surface area contributed by atoms with E-state index in [9.17, 15) is 0 Å². The first-order valence-corrected chi connectivity index (χ1v) is 19.2. The van der Waals surface area contributed by atoms with Gasteiger partial charge < -0.3 is 0 Å². The molecule has 3 heterocycles. The molecule has 3 aliphatic rings. The molecule has 258 valence electrons. The zero-order valence-electron chi connectivity index (χ0n) is 30.6. The van der Waals surface area contributed by atoms with Gasteiger partial charge in [-0.3, -0.25) is 9.55 Å². The molecule has 0 bridgehead atoms. The third kappa shape index (κ3) is 3.94. The van der Waals surface area contributed by atoms with E-state index >= 15 is 0 Å². The molecular weight excluding hydrogens is 667 g/mol. The second-order valence-electron chi connectivity index (χ2n) is 15.8. The van der Waals surface area contributed by atoms with Gasteiger partial charge in [-0.05, 0) is 132 Å². The van der Waals surface area contributed by atoms with Gasteiger partial charge in [-0.2, -0.15) is 0 Å². The fourth-order valence-corrected chi connectivity index (χ4v) is 10.3. The predicted molar refractivity (Wildman–Crippen MR) is 226 cm³/mol. The van der Waals surface area contributed by atoms with Crippen molar-refractivity contribution in [1.82, 2.24) is 14.5 Å². The molecule has 0 amide bonds. The van der Waals surface area contributed by atoms with Gasteiger partial charge in [0.25, 0.3) is 0 Å². The summed E-state index contributed by atoms with van der Waals surface area (Å²) in [5, 5.41) is 1.11. The fraction of sp³-hybridized carbons (Fsp3) is 0.0769. The molecular formula is C52H35N3. The van der Waals surface area contributed by atoms with Crippen LogP contribution in [0.3, 0.4) is 0 Å². The van der Waals surface area contributed by atoms with E-state index in [0.717, 1.165) is 33.3 Å². The van der Waals surface area contributed by atoms with Crippen LogP contribution in [0.4, 0.5) is 0 Å². The summed E-state index contributed by atoms with van der Waals surface area (Å²) in [7, 11) is 0. The molecule has 6 aromatic carbocycles. The summed E-state index contributed by atoms with van der Waals surface area (Å²) in [5.74, 6) is 0.886. The van der Waals surface area contributed by atoms with Gasteiger partial charge >= 0.3 is 0 Å². The number of nitrogens with zero attached hydrogens (tertiary/aromatic N) is 3. The predicted octanol–water partition coefficient (Wildman–Crippen LogP) is 12.4. The zero-order chi connectivity index (χ0) is 36.5. The normalized spacial score (nSPS) is 16.7. The molecule has 0 radical (unpaired) electrons. The van der Waals surface area contributed by atoms with Crippen molar-refractivity contribution in [2.24, 2.45) is 0 Å². The summed E-state index contributed by atoms with van der Waals surface area (Å²) in [6.45, 7) is 4.76. The van der Waals surface area contributed by atoms with Crippen molar-refractivity contribution in [3.8, 4) is 39.2 Å². The summed E-state index contributed by atoms with van der Waals surface area (Å²) in [5.41, 5.74) is 20.8. The minimum Gasteiger partial charge on any atom is -0.292 e. The maximum atomic E-state index is 4.90. The summed E-state index contributed by atoms with van der Waals surface area (Å²) < 4.78 is 2.22. The molecule has 1 spiro atoms. The Morgan fingerprint density at radius 1 is 0.436 bits per heavy atom. The van der Waals surface area contributed by atoms with Gasteiger partial charge in [-0.15, -0.1) is 0 Å². The average molecular weight is 702 g/mol. The van der Waals surface area contributed by atoms with Gasteiger partial charge in [-0.25, -0.2) is 4.98 Å². The van der Waals surface area contributed by atoms with Crippen molar-refractivity contribution in [3.63, 3.8) is 0 Å². The van der Waals surface area contributed by atoms with Gasteiger partial charge in [0.15, 0.2) is 0 Å². The van der Waals surface area contributed by atoms with Crippen LogP contribution in [0, 0.1) is 0 Å². The maximum Gasteiger partial charge on any atom is 0.137 e. The lowest BCUT2D eigenvalue weighted by atomic mass is 9.65. The molecule has 0 saturated carbocycles. The molecule has 1 unspecified atom stereocenters. The molecule has 55 heavy (non-hydrogen) atoms. The third-order valence-corrected chi connectivity index (χ3v) is 12.7. The molecule has 0 aliphatic heterocycles. The molecule has 3 aromatic heterocycles. The largest absolute Gasteiger partial charge is 0.292 e. The lowest BCUT2D eigenvalue weighted by molar-refractivity contribution is 0.660. The number of aromatic nitrogens is 3. The van der Waals surface area contributed by atoms with Crippen LogP contribution in [0.1, 0.15) is 58.4 Å². The SMILES string of the molecule is CC1(C)c2ccccc2-c2cc3c(cc21)-c1ccccc1C31c2ccccc2C=Cc2ccc(-c3ccc4c(c3)c3ncccc3n4-c3ccccn3)cc21. The second kappa shape index (κ2) is 10.9. The van der Waals surface area contributed by atoms with E-state index < -0.39 is 5.41 Å². The minimum atomic E-state index is -0.533. The summed E-state index contributed by atoms with van der Waals surface area (Å²) in [6, 6.07) is 56.4. The molecule has 0 saturated heterocycles. The molecule has 9 aromatic rings. The lowest BCUT2D eigenvalue weighted by Crippen LogP contribution is -2.30. The maximum absolute atomic E-state index is 4.90. The van der Waals surface area contributed by atoms with Crippen LogP contribution >= 0.6 is 0 Å².